The van der Waals surface area contributed by atoms with E-state index in [1.165, 1.54) is 6.42 Å². The molecule has 5 heteroatoms. The summed E-state index contributed by atoms with van der Waals surface area (Å²) >= 11 is 1.74. The van der Waals surface area contributed by atoms with Gasteiger partial charge in [-0.1, -0.05) is 33.1 Å². The van der Waals surface area contributed by atoms with Crippen LogP contribution < -0.4 is 5.32 Å². The van der Waals surface area contributed by atoms with Crippen LogP contribution in [-0.4, -0.2) is 46.8 Å². The van der Waals surface area contributed by atoms with Crippen LogP contribution in [0.4, 0.5) is 0 Å². The van der Waals surface area contributed by atoms with Gasteiger partial charge in [-0.05, 0) is 31.4 Å². The summed E-state index contributed by atoms with van der Waals surface area (Å²) in [5, 5.41) is 3.03. The summed E-state index contributed by atoms with van der Waals surface area (Å²) in [4.78, 5) is 27.6. The number of nitrogens with one attached hydrogen (secondary N) is 1. The minimum absolute atomic E-state index is 0.0913. The molecule has 1 saturated carbocycles. The molecular weight excluding hydrogens is 284 g/mol. The number of hydrogen-bond acceptors (Lipinski definition) is 3. The Morgan fingerprint density at radius 2 is 1.95 bits per heavy atom. The van der Waals surface area contributed by atoms with Crippen molar-refractivity contribution in [1.82, 2.24) is 10.2 Å². The standard InChI is InChI=1S/C16H28N2O2S/c1-12(2)11-13-14(19)18(9-10-21-3)16(15(20)17-13)7-5-4-6-8-16/h12-13H,4-11H2,1-3H3,(H,17,20). The van der Waals surface area contributed by atoms with Crippen LogP contribution in [0.2, 0.25) is 0 Å². The first-order valence-corrected chi connectivity index (χ1v) is 9.52. The molecule has 1 heterocycles. The Morgan fingerprint density at radius 1 is 1.29 bits per heavy atom. The van der Waals surface area contributed by atoms with Crippen LogP contribution in [0.5, 0.6) is 0 Å². The van der Waals surface area contributed by atoms with Gasteiger partial charge in [-0.3, -0.25) is 9.59 Å². The summed E-state index contributed by atoms with van der Waals surface area (Å²) in [5.41, 5.74) is -0.557. The second-order valence-corrected chi connectivity index (χ2v) is 7.72. The van der Waals surface area contributed by atoms with Crippen molar-refractivity contribution in [3.63, 3.8) is 0 Å². The van der Waals surface area contributed by atoms with Gasteiger partial charge in [0, 0.05) is 12.3 Å². The average molecular weight is 312 g/mol. The topological polar surface area (TPSA) is 49.4 Å². The number of carbonyl (C=O) groups is 2. The molecular formula is C16H28N2O2S. The van der Waals surface area contributed by atoms with Crippen LogP contribution in [0.15, 0.2) is 0 Å². The lowest BCUT2D eigenvalue weighted by molar-refractivity contribution is -0.160. The fourth-order valence-electron chi connectivity index (χ4n) is 3.65. The van der Waals surface area contributed by atoms with Gasteiger partial charge in [0.05, 0.1) is 0 Å². The molecule has 2 fully saturated rings. The van der Waals surface area contributed by atoms with Gasteiger partial charge in [0.15, 0.2) is 0 Å². The lowest BCUT2D eigenvalue weighted by Crippen LogP contribution is -2.71. The lowest BCUT2D eigenvalue weighted by Gasteiger charge is -2.50. The number of thioether (sulfide) groups is 1. The van der Waals surface area contributed by atoms with Gasteiger partial charge in [0.1, 0.15) is 11.6 Å². The Kier molecular flexibility index (Phi) is 5.58. The van der Waals surface area contributed by atoms with Gasteiger partial charge >= 0.3 is 0 Å². The Balaban J connectivity index is 2.23. The third kappa shape index (κ3) is 3.38. The van der Waals surface area contributed by atoms with E-state index >= 15 is 0 Å². The third-order valence-corrected chi connectivity index (χ3v) is 5.31. The van der Waals surface area contributed by atoms with Gasteiger partial charge in [-0.15, -0.1) is 0 Å². The van der Waals surface area contributed by atoms with E-state index in [0.29, 0.717) is 12.5 Å². The quantitative estimate of drug-likeness (QED) is 0.848. The zero-order chi connectivity index (χ0) is 15.5. The van der Waals surface area contributed by atoms with Crippen molar-refractivity contribution in [3.8, 4) is 0 Å². The Hall–Kier alpha value is -0.710. The van der Waals surface area contributed by atoms with Crippen LogP contribution in [0, 0.1) is 5.92 Å². The average Bonchev–Trinajstić information content (AvgIpc) is 2.45. The van der Waals surface area contributed by atoms with Gasteiger partial charge in [0.2, 0.25) is 11.8 Å². The lowest BCUT2D eigenvalue weighted by atomic mass is 9.77. The fraction of sp³-hybridized carbons (Fsp3) is 0.875. The van der Waals surface area contributed by atoms with E-state index in [2.05, 4.69) is 19.2 Å². The summed E-state index contributed by atoms with van der Waals surface area (Å²) in [6.07, 6.45) is 7.70. The fourth-order valence-corrected chi connectivity index (χ4v) is 4.01. The molecule has 2 amide bonds. The molecule has 1 aliphatic carbocycles. The van der Waals surface area contributed by atoms with E-state index < -0.39 is 5.54 Å². The van der Waals surface area contributed by atoms with E-state index in [0.717, 1.165) is 37.9 Å². The number of rotatable bonds is 5. The first-order chi connectivity index (χ1) is 10.0. The molecule has 1 unspecified atom stereocenters. The highest BCUT2D eigenvalue weighted by Gasteiger charge is 2.52. The van der Waals surface area contributed by atoms with Crippen molar-refractivity contribution >= 4 is 23.6 Å². The van der Waals surface area contributed by atoms with Crippen LogP contribution >= 0.6 is 11.8 Å². The summed E-state index contributed by atoms with van der Waals surface area (Å²) in [7, 11) is 0. The largest absolute Gasteiger partial charge is 0.342 e. The highest BCUT2D eigenvalue weighted by Crippen LogP contribution is 2.37. The maximum Gasteiger partial charge on any atom is 0.246 e. The molecule has 0 bridgehead atoms. The third-order valence-electron chi connectivity index (χ3n) is 4.72. The molecule has 1 saturated heterocycles. The van der Waals surface area contributed by atoms with Gasteiger partial charge in [-0.2, -0.15) is 11.8 Å². The van der Waals surface area contributed by atoms with Crippen molar-refractivity contribution in [2.45, 2.75) is 64.0 Å². The Bertz CT molecular complexity index is 392. The summed E-state index contributed by atoms with van der Waals surface area (Å²) in [6, 6.07) is -0.327. The molecule has 4 nitrogen and oxygen atoms in total. The highest BCUT2D eigenvalue weighted by atomic mass is 32.2. The number of carbonyl (C=O) groups excluding carboxylic acids is 2. The smallest absolute Gasteiger partial charge is 0.246 e. The number of amides is 2. The molecule has 1 spiro atoms. The van der Waals surface area contributed by atoms with Crippen LogP contribution in [0.1, 0.15) is 52.4 Å². The maximum atomic E-state index is 12.9. The summed E-state index contributed by atoms with van der Waals surface area (Å²) in [6.45, 7) is 4.88. The molecule has 0 aromatic rings. The monoisotopic (exact) mass is 312 g/mol. The van der Waals surface area contributed by atoms with Gasteiger partial charge in [-0.25, -0.2) is 0 Å². The minimum Gasteiger partial charge on any atom is -0.342 e. The molecule has 0 aromatic heterocycles. The Labute approximate surface area is 132 Å². The predicted molar refractivity (Wildman–Crippen MR) is 87.3 cm³/mol. The number of piperazine rings is 1. The zero-order valence-electron chi connectivity index (χ0n) is 13.5. The van der Waals surface area contributed by atoms with E-state index in [-0.39, 0.29) is 17.9 Å². The molecule has 1 atom stereocenters. The summed E-state index contributed by atoms with van der Waals surface area (Å²) in [5.74, 6) is 1.53. The Morgan fingerprint density at radius 3 is 2.52 bits per heavy atom. The second-order valence-electron chi connectivity index (χ2n) is 6.73. The molecule has 21 heavy (non-hydrogen) atoms. The molecule has 0 radical (unpaired) electrons. The highest BCUT2D eigenvalue weighted by molar-refractivity contribution is 7.98. The first-order valence-electron chi connectivity index (χ1n) is 8.12. The summed E-state index contributed by atoms with van der Waals surface area (Å²) < 4.78 is 0. The molecule has 0 aromatic carbocycles. The van der Waals surface area contributed by atoms with E-state index in [9.17, 15) is 9.59 Å². The predicted octanol–water partition coefficient (Wildman–Crippen LogP) is 2.43. The first kappa shape index (κ1) is 16.7. The molecule has 120 valence electrons. The van der Waals surface area contributed by atoms with Crippen LogP contribution in [-0.2, 0) is 9.59 Å². The maximum absolute atomic E-state index is 12.9. The second kappa shape index (κ2) is 7.03. The minimum atomic E-state index is -0.557. The van der Waals surface area contributed by atoms with Crippen LogP contribution in [0.25, 0.3) is 0 Å². The SMILES string of the molecule is CSCCN1C(=O)C(CC(C)C)NC(=O)C12CCCCC2. The normalized spacial score (nSPS) is 25.5. The number of hydrogen-bond donors (Lipinski definition) is 1. The van der Waals surface area contributed by atoms with Crippen molar-refractivity contribution in [3.05, 3.63) is 0 Å². The van der Waals surface area contributed by atoms with Gasteiger partial charge in [0.25, 0.3) is 0 Å². The van der Waals surface area contributed by atoms with E-state index in [1.807, 2.05) is 11.2 Å². The van der Waals surface area contributed by atoms with Gasteiger partial charge < -0.3 is 10.2 Å². The molecule has 1 aliphatic heterocycles. The number of nitrogens with zero attached hydrogens (tertiary/aromatic N) is 1. The van der Waals surface area contributed by atoms with Crippen molar-refractivity contribution in [2.75, 3.05) is 18.6 Å². The van der Waals surface area contributed by atoms with Crippen LogP contribution in [0.3, 0.4) is 0 Å². The molecule has 2 rings (SSSR count). The van der Waals surface area contributed by atoms with E-state index in [1.54, 1.807) is 11.8 Å². The zero-order valence-corrected chi connectivity index (χ0v) is 14.3. The molecule has 2 aliphatic rings. The van der Waals surface area contributed by atoms with E-state index in [4.69, 9.17) is 0 Å². The van der Waals surface area contributed by atoms with Crippen molar-refractivity contribution in [1.29, 1.82) is 0 Å². The van der Waals surface area contributed by atoms with Crippen molar-refractivity contribution in [2.24, 2.45) is 5.92 Å². The van der Waals surface area contributed by atoms with Crippen molar-refractivity contribution < 1.29 is 9.59 Å². The molecule has 1 N–H and O–H groups in total.